The lowest BCUT2D eigenvalue weighted by molar-refractivity contribution is 0.0342. The molecule has 1 aliphatic rings. The molecule has 0 atom stereocenters. The van der Waals surface area contributed by atoms with Crippen LogP contribution >= 0.6 is 0 Å². The molecule has 1 aliphatic heterocycles. The highest BCUT2D eigenvalue weighted by Crippen LogP contribution is 2.25. The summed E-state index contributed by atoms with van der Waals surface area (Å²) in [6.07, 6.45) is 0. The zero-order valence-electron chi connectivity index (χ0n) is 18.0. The molecular weight excluding hydrogens is 388 g/mol. The Morgan fingerprint density at radius 3 is 2.21 bits per heavy atom. The van der Waals surface area contributed by atoms with Gasteiger partial charge in [0.2, 0.25) is 10.0 Å². The summed E-state index contributed by atoms with van der Waals surface area (Å²) in [5, 5.41) is 4.45. The summed E-state index contributed by atoms with van der Waals surface area (Å²) in [5.41, 5.74) is 3.04. The van der Waals surface area contributed by atoms with Gasteiger partial charge in [0.05, 0.1) is 30.1 Å². The molecule has 1 aromatic carbocycles. The Labute approximate surface area is 174 Å². The van der Waals surface area contributed by atoms with Gasteiger partial charge in [0.25, 0.3) is 0 Å². The van der Waals surface area contributed by atoms with Crippen LogP contribution in [0.25, 0.3) is 0 Å². The molecule has 0 saturated carbocycles. The van der Waals surface area contributed by atoms with Crippen LogP contribution in [0.1, 0.15) is 43.3 Å². The van der Waals surface area contributed by atoms with Crippen LogP contribution in [0.15, 0.2) is 29.2 Å². The molecule has 160 valence electrons. The molecule has 0 unspecified atom stereocenters. The van der Waals surface area contributed by atoms with E-state index in [9.17, 15) is 8.42 Å². The van der Waals surface area contributed by atoms with E-state index in [0.29, 0.717) is 11.4 Å². The van der Waals surface area contributed by atoms with Crippen LogP contribution in [0, 0.1) is 13.8 Å². The van der Waals surface area contributed by atoms with E-state index in [-0.39, 0.29) is 17.0 Å². The minimum Gasteiger partial charge on any atom is -0.379 e. The molecule has 7 nitrogen and oxygen atoms in total. The van der Waals surface area contributed by atoms with Crippen molar-refractivity contribution in [3.05, 3.63) is 46.8 Å². The smallest absolute Gasteiger partial charge is 0.244 e. The predicted octanol–water partition coefficient (Wildman–Crippen LogP) is 2.57. The van der Waals surface area contributed by atoms with Crippen molar-refractivity contribution < 1.29 is 13.2 Å². The largest absolute Gasteiger partial charge is 0.379 e. The third-order valence-electron chi connectivity index (χ3n) is 5.13. The Morgan fingerprint density at radius 1 is 1.07 bits per heavy atom. The number of aryl methyl sites for hydroxylation is 1. The number of rotatable bonds is 6. The number of morpholine rings is 1. The van der Waals surface area contributed by atoms with E-state index in [1.54, 1.807) is 18.5 Å². The topological polar surface area (TPSA) is 76.5 Å². The maximum Gasteiger partial charge on any atom is 0.244 e. The molecule has 3 rings (SSSR count). The summed E-state index contributed by atoms with van der Waals surface area (Å²) in [6, 6.07) is 8.09. The average Bonchev–Trinajstić information content (AvgIpc) is 2.97. The Balaban J connectivity index is 1.67. The van der Waals surface area contributed by atoms with E-state index < -0.39 is 10.0 Å². The van der Waals surface area contributed by atoms with Gasteiger partial charge in [-0.15, -0.1) is 0 Å². The number of nitrogens with one attached hydrogen (secondary N) is 1. The first kappa shape index (κ1) is 22.0. The molecular formula is C21H32N4O3S. The van der Waals surface area contributed by atoms with Gasteiger partial charge in [-0.25, -0.2) is 13.1 Å². The number of hydrogen-bond donors (Lipinski definition) is 1. The summed E-state index contributed by atoms with van der Waals surface area (Å²) in [7, 11) is -3.65. The second-order valence-electron chi connectivity index (χ2n) is 8.61. The summed E-state index contributed by atoms with van der Waals surface area (Å²) < 4.78 is 35.8. The molecule has 2 heterocycles. The standard InChI is InChI=1S/C21H32N4O3S/c1-16-20(17(2)25(23-16)21(3,4)5)29(26,27)22-14-18-6-8-19(9-7-18)15-24-10-12-28-13-11-24/h6-9,22H,10-15H2,1-5H3. The average molecular weight is 421 g/mol. The lowest BCUT2D eigenvalue weighted by Crippen LogP contribution is -2.35. The zero-order chi connectivity index (χ0) is 21.2. The van der Waals surface area contributed by atoms with Crippen molar-refractivity contribution >= 4 is 10.0 Å². The van der Waals surface area contributed by atoms with Crippen LogP contribution in [-0.2, 0) is 33.4 Å². The Kier molecular flexibility index (Phi) is 6.48. The first-order valence-electron chi connectivity index (χ1n) is 10.0. The second kappa shape index (κ2) is 8.55. The van der Waals surface area contributed by atoms with Crippen LogP contribution in [0.3, 0.4) is 0 Å². The first-order chi connectivity index (χ1) is 13.6. The molecule has 2 aromatic rings. The van der Waals surface area contributed by atoms with E-state index in [2.05, 4.69) is 26.9 Å². The normalized spacial score (nSPS) is 16.3. The van der Waals surface area contributed by atoms with Gasteiger partial charge < -0.3 is 4.74 Å². The molecule has 0 spiro atoms. The van der Waals surface area contributed by atoms with E-state index >= 15 is 0 Å². The van der Waals surface area contributed by atoms with Crippen molar-refractivity contribution in [3.63, 3.8) is 0 Å². The summed E-state index contributed by atoms with van der Waals surface area (Å²) in [6.45, 7) is 14.2. The highest BCUT2D eigenvalue weighted by Gasteiger charge is 2.28. The number of benzene rings is 1. The van der Waals surface area contributed by atoms with Crippen molar-refractivity contribution in [2.24, 2.45) is 0 Å². The van der Waals surface area contributed by atoms with Crippen molar-refractivity contribution in [1.82, 2.24) is 19.4 Å². The summed E-state index contributed by atoms with van der Waals surface area (Å²) >= 11 is 0. The minimum atomic E-state index is -3.65. The van der Waals surface area contributed by atoms with Gasteiger partial charge in [0.1, 0.15) is 4.90 Å². The second-order valence-corrected chi connectivity index (χ2v) is 10.3. The van der Waals surface area contributed by atoms with Crippen LogP contribution in [0.5, 0.6) is 0 Å². The quantitative estimate of drug-likeness (QED) is 0.777. The van der Waals surface area contributed by atoms with Crippen molar-refractivity contribution in [2.45, 2.75) is 58.1 Å². The van der Waals surface area contributed by atoms with Gasteiger partial charge in [-0.2, -0.15) is 5.10 Å². The fourth-order valence-electron chi connectivity index (χ4n) is 3.70. The Morgan fingerprint density at radius 2 is 1.66 bits per heavy atom. The first-order valence-corrected chi connectivity index (χ1v) is 11.5. The molecule has 29 heavy (non-hydrogen) atoms. The van der Waals surface area contributed by atoms with Crippen LogP contribution in [0.4, 0.5) is 0 Å². The lowest BCUT2D eigenvalue weighted by Gasteiger charge is -2.26. The van der Waals surface area contributed by atoms with Gasteiger partial charge in [-0.1, -0.05) is 24.3 Å². The molecule has 0 radical (unpaired) electrons. The van der Waals surface area contributed by atoms with Gasteiger partial charge in [-0.3, -0.25) is 9.58 Å². The molecule has 1 aromatic heterocycles. The number of aromatic nitrogens is 2. The fraction of sp³-hybridized carbons (Fsp3) is 0.571. The predicted molar refractivity (Wildman–Crippen MR) is 113 cm³/mol. The van der Waals surface area contributed by atoms with Gasteiger partial charge in [0.15, 0.2) is 0 Å². The number of hydrogen-bond acceptors (Lipinski definition) is 5. The molecule has 1 fully saturated rings. The third-order valence-corrected chi connectivity index (χ3v) is 6.78. The van der Waals surface area contributed by atoms with Crippen molar-refractivity contribution in [1.29, 1.82) is 0 Å². The lowest BCUT2D eigenvalue weighted by atomic mass is 10.1. The van der Waals surface area contributed by atoms with Crippen LogP contribution < -0.4 is 4.72 Å². The molecule has 0 bridgehead atoms. The monoisotopic (exact) mass is 420 g/mol. The third kappa shape index (κ3) is 5.25. The SMILES string of the molecule is Cc1nn(C(C)(C)C)c(C)c1S(=O)(=O)NCc1ccc(CN2CCOCC2)cc1. The van der Waals surface area contributed by atoms with Gasteiger partial charge in [-0.05, 0) is 45.7 Å². The zero-order valence-corrected chi connectivity index (χ0v) is 18.8. The molecule has 1 N–H and O–H groups in total. The van der Waals surface area contributed by atoms with Gasteiger partial charge in [0, 0.05) is 26.2 Å². The molecule has 1 saturated heterocycles. The van der Waals surface area contributed by atoms with Crippen LogP contribution in [0.2, 0.25) is 0 Å². The van der Waals surface area contributed by atoms with Crippen LogP contribution in [-0.4, -0.2) is 49.4 Å². The van der Waals surface area contributed by atoms with E-state index in [1.807, 2.05) is 32.9 Å². The summed E-state index contributed by atoms with van der Waals surface area (Å²) in [4.78, 5) is 2.64. The number of ether oxygens (including phenoxy) is 1. The molecule has 0 amide bonds. The van der Waals surface area contributed by atoms with Crippen molar-refractivity contribution in [2.75, 3.05) is 26.3 Å². The highest BCUT2D eigenvalue weighted by atomic mass is 32.2. The number of nitrogens with zero attached hydrogens (tertiary/aromatic N) is 3. The van der Waals surface area contributed by atoms with Gasteiger partial charge >= 0.3 is 0 Å². The maximum absolute atomic E-state index is 12.9. The molecule has 0 aliphatic carbocycles. The molecule has 8 heteroatoms. The van der Waals surface area contributed by atoms with E-state index in [1.165, 1.54) is 5.56 Å². The fourth-order valence-corrected chi connectivity index (χ4v) is 5.11. The van der Waals surface area contributed by atoms with E-state index in [0.717, 1.165) is 38.4 Å². The van der Waals surface area contributed by atoms with Crippen molar-refractivity contribution in [3.8, 4) is 0 Å². The highest BCUT2D eigenvalue weighted by molar-refractivity contribution is 7.89. The van der Waals surface area contributed by atoms with E-state index in [4.69, 9.17) is 4.74 Å². The number of sulfonamides is 1. The Hall–Kier alpha value is -1.74. The minimum absolute atomic E-state index is 0.250. The maximum atomic E-state index is 12.9. The summed E-state index contributed by atoms with van der Waals surface area (Å²) in [5.74, 6) is 0. The Bertz CT molecular complexity index is 938.